The molecule has 3 nitrogen and oxygen atoms in total. The van der Waals surface area contributed by atoms with Crippen LogP contribution < -0.4 is 0 Å². The molecule has 0 radical (unpaired) electrons. The fraction of sp³-hybridized carbons (Fsp3) is 0.235. The van der Waals surface area contributed by atoms with Crippen molar-refractivity contribution < 1.29 is 9.52 Å². The molecular weight excluding hydrogens is 250 g/mol. The van der Waals surface area contributed by atoms with Crippen LogP contribution in [0.2, 0.25) is 0 Å². The summed E-state index contributed by atoms with van der Waals surface area (Å²) in [6, 6.07) is 9.87. The minimum atomic E-state index is -0.830. The molecule has 0 aliphatic rings. The van der Waals surface area contributed by atoms with E-state index in [2.05, 4.69) is 4.98 Å². The molecule has 3 aromatic rings. The summed E-state index contributed by atoms with van der Waals surface area (Å²) in [4.78, 5) is 4.33. The molecule has 1 unspecified atom stereocenters. The number of aliphatic hydroxyl groups is 1. The van der Waals surface area contributed by atoms with Crippen LogP contribution in [0, 0.1) is 20.8 Å². The van der Waals surface area contributed by atoms with Crippen molar-refractivity contribution in [1.82, 2.24) is 4.98 Å². The van der Waals surface area contributed by atoms with Gasteiger partial charge in [-0.15, -0.1) is 0 Å². The molecular formula is C17H17NO2. The van der Waals surface area contributed by atoms with Crippen molar-refractivity contribution in [2.24, 2.45) is 0 Å². The molecule has 3 rings (SSSR count). The maximum atomic E-state index is 10.5. The second kappa shape index (κ2) is 4.76. The van der Waals surface area contributed by atoms with E-state index in [-0.39, 0.29) is 0 Å². The summed E-state index contributed by atoms with van der Waals surface area (Å²) in [6.07, 6.45) is 0.932. The number of fused-ring (bicyclic) bond motifs is 1. The Balaban J connectivity index is 2.05. The summed E-state index contributed by atoms with van der Waals surface area (Å²) in [5.74, 6) is 0.532. The molecule has 1 N–H and O–H groups in total. The Kier molecular flexibility index (Phi) is 3.07. The van der Waals surface area contributed by atoms with Crippen LogP contribution in [0.4, 0.5) is 0 Å². The third kappa shape index (κ3) is 2.21. The lowest BCUT2D eigenvalue weighted by molar-refractivity contribution is 0.187. The second-order valence-corrected chi connectivity index (χ2v) is 5.31. The molecule has 0 aliphatic carbocycles. The van der Waals surface area contributed by atoms with Gasteiger partial charge >= 0.3 is 0 Å². The zero-order valence-electron chi connectivity index (χ0n) is 11.8. The second-order valence-electron chi connectivity index (χ2n) is 5.31. The zero-order chi connectivity index (χ0) is 14.3. The first-order valence-electron chi connectivity index (χ1n) is 6.66. The Morgan fingerprint density at radius 1 is 1.05 bits per heavy atom. The molecule has 1 atom stereocenters. The van der Waals surface area contributed by atoms with Crippen molar-refractivity contribution in [3.63, 3.8) is 0 Å². The van der Waals surface area contributed by atoms with E-state index in [0.29, 0.717) is 11.5 Å². The maximum Gasteiger partial charge on any atom is 0.154 e. The van der Waals surface area contributed by atoms with Crippen molar-refractivity contribution in [3.8, 4) is 0 Å². The van der Waals surface area contributed by atoms with E-state index in [1.807, 2.05) is 51.1 Å². The van der Waals surface area contributed by atoms with Gasteiger partial charge in [0.05, 0.1) is 5.69 Å². The van der Waals surface area contributed by atoms with Crippen molar-refractivity contribution in [3.05, 3.63) is 64.7 Å². The molecule has 2 heterocycles. The molecule has 0 aliphatic heterocycles. The standard InChI is InChI=1S/C17H17NO2/c1-10-4-5-14-13(7-10)8-15(20-14)17(19)16-12(3)6-11(2)9-18-16/h4-9,17,19H,1-3H3. The van der Waals surface area contributed by atoms with E-state index in [1.54, 1.807) is 6.20 Å². The topological polar surface area (TPSA) is 46.3 Å². The third-order valence-electron chi connectivity index (χ3n) is 3.47. The molecule has 0 amide bonds. The number of pyridine rings is 1. The molecule has 0 spiro atoms. The highest BCUT2D eigenvalue weighted by Crippen LogP contribution is 2.29. The van der Waals surface area contributed by atoms with Crippen LogP contribution in [-0.4, -0.2) is 10.1 Å². The number of rotatable bonds is 2. The van der Waals surface area contributed by atoms with Gasteiger partial charge in [0.1, 0.15) is 11.3 Å². The van der Waals surface area contributed by atoms with Gasteiger partial charge in [0, 0.05) is 11.6 Å². The number of furan rings is 1. The van der Waals surface area contributed by atoms with E-state index in [1.165, 1.54) is 5.56 Å². The number of aromatic nitrogens is 1. The van der Waals surface area contributed by atoms with Crippen LogP contribution in [0.15, 0.2) is 40.9 Å². The maximum absolute atomic E-state index is 10.5. The molecule has 3 heteroatoms. The van der Waals surface area contributed by atoms with Crippen molar-refractivity contribution in [2.45, 2.75) is 26.9 Å². The predicted octanol–water partition coefficient (Wildman–Crippen LogP) is 3.83. The fourth-order valence-corrected chi connectivity index (χ4v) is 2.46. The lowest BCUT2D eigenvalue weighted by atomic mass is 10.1. The molecule has 0 bridgehead atoms. The Labute approximate surface area is 117 Å². The zero-order valence-corrected chi connectivity index (χ0v) is 11.8. The third-order valence-corrected chi connectivity index (χ3v) is 3.47. The molecule has 0 fully saturated rings. The van der Waals surface area contributed by atoms with Gasteiger partial charge in [-0.1, -0.05) is 17.7 Å². The van der Waals surface area contributed by atoms with Crippen LogP contribution in [0.5, 0.6) is 0 Å². The summed E-state index contributed by atoms with van der Waals surface area (Å²) in [7, 11) is 0. The van der Waals surface area contributed by atoms with Gasteiger partial charge in [-0.05, 0) is 50.1 Å². The van der Waals surface area contributed by atoms with Crippen LogP contribution in [-0.2, 0) is 0 Å². The SMILES string of the molecule is Cc1cnc(C(O)c2cc3cc(C)ccc3o2)c(C)c1. The van der Waals surface area contributed by atoms with Crippen LogP contribution in [0.25, 0.3) is 11.0 Å². The monoisotopic (exact) mass is 267 g/mol. The number of aryl methyl sites for hydroxylation is 3. The molecule has 20 heavy (non-hydrogen) atoms. The highest BCUT2D eigenvalue weighted by atomic mass is 16.4. The van der Waals surface area contributed by atoms with Gasteiger partial charge in [-0.25, -0.2) is 0 Å². The van der Waals surface area contributed by atoms with Crippen molar-refractivity contribution in [1.29, 1.82) is 0 Å². The van der Waals surface area contributed by atoms with Crippen LogP contribution >= 0.6 is 0 Å². The normalized spacial score (nSPS) is 12.8. The van der Waals surface area contributed by atoms with Gasteiger partial charge in [0.15, 0.2) is 6.10 Å². The van der Waals surface area contributed by atoms with Crippen molar-refractivity contribution in [2.75, 3.05) is 0 Å². The van der Waals surface area contributed by atoms with Gasteiger partial charge < -0.3 is 9.52 Å². The Morgan fingerprint density at radius 2 is 1.85 bits per heavy atom. The van der Waals surface area contributed by atoms with Gasteiger partial charge in [0.25, 0.3) is 0 Å². The smallest absolute Gasteiger partial charge is 0.154 e. The van der Waals surface area contributed by atoms with Crippen molar-refractivity contribution >= 4 is 11.0 Å². The number of aliphatic hydroxyl groups excluding tert-OH is 1. The molecule has 2 aromatic heterocycles. The quantitative estimate of drug-likeness (QED) is 0.767. The minimum absolute atomic E-state index is 0.532. The molecule has 0 saturated heterocycles. The van der Waals surface area contributed by atoms with Gasteiger partial charge in [-0.2, -0.15) is 0 Å². The highest BCUT2D eigenvalue weighted by molar-refractivity contribution is 5.78. The predicted molar refractivity (Wildman–Crippen MR) is 78.7 cm³/mol. The van der Waals surface area contributed by atoms with E-state index in [0.717, 1.165) is 22.1 Å². The van der Waals surface area contributed by atoms with Crippen LogP contribution in [0.3, 0.4) is 0 Å². The fourth-order valence-electron chi connectivity index (χ4n) is 2.46. The Bertz CT molecular complexity index is 774. The lowest BCUT2D eigenvalue weighted by Crippen LogP contribution is -2.04. The number of benzene rings is 1. The van der Waals surface area contributed by atoms with Gasteiger partial charge in [-0.3, -0.25) is 4.98 Å². The van der Waals surface area contributed by atoms with E-state index in [9.17, 15) is 5.11 Å². The summed E-state index contributed by atoms with van der Waals surface area (Å²) < 4.78 is 5.73. The van der Waals surface area contributed by atoms with E-state index < -0.39 is 6.10 Å². The Hall–Kier alpha value is -2.13. The Morgan fingerprint density at radius 3 is 2.60 bits per heavy atom. The highest BCUT2D eigenvalue weighted by Gasteiger charge is 2.19. The summed E-state index contributed by atoms with van der Waals surface area (Å²) in [6.45, 7) is 5.97. The van der Waals surface area contributed by atoms with Gasteiger partial charge in [0.2, 0.25) is 0 Å². The molecule has 1 aromatic carbocycles. The minimum Gasteiger partial charge on any atom is -0.458 e. The lowest BCUT2D eigenvalue weighted by Gasteiger charge is -2.10. The summed E-state index contributed by atoms with van der Waals surface area (Å²) >= 11 is 0. The average molecular weight is 267 g/mol. The molecule has 102 valence electrons. The van der Waals surface area contributed by atoms with E-state index in [4.69, 9.17) is 4.42 Å². The first-order chi connectivity index (χ1) is 9.54. The summed E-state index contributed by atoms with van der Waals surface area (Å²) in [5, 5.41) is 11.5. The largest absolute Gasteiger partial charge is 0.458 e. The number of hydrogen-bond acceptors (Lipinski definition) is 3. The number of hydrogen-bond donors (Lipinski definition) is 1. The average Bonchev–Trinajstić information content (AvgIpc) is 2.81. The van der Waals surface area contributed by atoms with Crippen LogP contribution in [0.1, 0.15) is 34.2 Å². The molecule has 0 saturated carbocycles. The number of nitrogens with zero attached hydrogens (tertiary/aromatic N) is 1. The first-order valence-corrected chi connectivity index (χ1v) is 6.66. The van der Waals surface area contributed by atoms with E-state index >= 15 is 0 Å². The summed E-state index contributed by atoms with van der Waals surface area (Å²) in [5.41, 5.74) is 4.65. The first kappa shape index (κ1) is 12.9.